The fourth-order valence-corrected chi connectivity index (χ4v) is 8.24. The van der Waals surface area contributed by atoms with E-state index in [9.17, 15) is 4.79 Å². The smallest absolute Gasteiger partial charge is 0.306 e. The van der Waals surface area contributed by atoms with Crippen LogP contribution in [-0.2, 0) is 23.7 Å². The zero-order chi connectivity index (χ0) is 27.3. The van der Waals surface area contributed by atoms with Gasteiger partial charge in [0, 0.05) is 31.3 Å². The molecule has 0 amide bonds. The molecule has 0 spiro atoms. The number of rotatable bonds is 17. The Kier molecular flexibility index (Phi) is 13.8. The minimum absolute atomic E-state index is 0.0928. The van der Waals surface area contributed by atoms with E-state index in [2.05, 4.69) is 67.7 Å². The van der Waals surface area contributed by atoms with Gasteiger partial charge in [0.2, 0.25) is 0 Å². The van der Waals surface area contributed by atoms with E-state index in [0.717, 1.165) is 45.1 Å². The standard InChI is InChI=1S/C31H50O5S2/c1-5-31(4,19-21-33-24-26-14-11-20-34-26)35-22-18-30(2,3)36-28(32)16-10-9-15-27-17-23-37-29(38-27)25-12-7-6-8-13-25/h6-8,12-13,26-27,29H,5,9-11,14-24H2,1-4H3. The van der Waals surface area contributed by atoms with Gasteiger partial charge in [-0.2, -0.15) is 0 Å². The van der Waals surface area contributed by atoms with E-state index < -0.39 is 5.60 Å². The Labute approximate surface area is 239 Å². The van der Waals surface area contributed by atoms with Gasteiger partial charge < -0.3 is 18.9 Å². The van der Waals surface area contributed by atoms with Crippen LogP contribution >= 0.6 is 23.5 Å². The van der Waals surface area contributed by atoms with E-state index >= 15 is 0 Å². The predicted octanol–water partition coefficient (Wildman–Crippen LogP) is 7.97. The van der Waals surface area contributed by atoms with Gasteiger partial charge in [-0.1, -0.05) is 43.7 Å². The van der Waals surface area contributed by atoms with Crippen molar-refractivity contribution in [1.82, 2.24) is 0 Å². The Bertz CT molecular complexity index is 799. The average molecular weight is 567 g/mol. The molecule has 0 aliphatic carbocycles. The van der Waals surface area contributed by atoms with Crippen molar-refractivity contribution in [2.45, 2.75) is 119 Å². The van der Waals surface area contributed by atoms with Gasteiger partial charge >= 0.3 is 5.97 Å². The second kappa shape index (κ2) is 16.5. The van der Waals surface area contributed by atoms with Crippen molar-refractivity contribution in [3.8, 4) is 0 Å². The molecule has 2 aliphatic rings. The van der Waals surface area contributed by atoms with Crippen molar-refractivity contribution in [2.24, 2.45) is 0 Å². The number of thioether (sulfide) groups is 2. The molecule has 5 nitrogen and oxygen atoms in total. The first-order valence-electron chi connectivity index (χ1n) is 14.7. The van der Waals surface area contributed by atoms with E-state index in [0.29, 0.717) is 42.5 Å². The van der Waals surface area contributed by atoms with Crippen LogP contribution in [0.25, 0.3) is 0 Å². The number of ether oxygens (including phenoxy) is 4. The molecule has 0 radical (unpaired) electrons. The number of unbranched alkanes of at least 4 members (excludes halogenated alkanes) is 1. The van der Waals surface area contributed by atoms with Crippen molar-refractivity contribution in [3.05, 3.63) is 35.9 Å². The van der Waals surface area contributed by atoms with Gasteiger partial charge in [-0.3, -0.25) is 4.79 Å². The van der Waals surface area contributed by atoms with Crippen LogP contribution in [0.3, 0.4) is 0 Å². The molecular formula is C31H50O5S2. The number of hydrogen-bond acceptors (Lipinski definition) is 7. The highest BCUT2D eigenvalue weighted by atomic mass is 32.2. The highest BCUT2D eigenvalue weighted by molar-refractivity contribution is 8.17. The molecule has 7 heteroatoms. The molecule has 4 unspecified atom stereocenters. The maximum Gasteiger partial charge on any atom is 0.306 e. The summed E-state index contributed by atoms with van der Waals surface area (Å²) in [6.07, 6.45) is 9.84. The topological polar surface area (TPSA) is 54.0 Å². The lowest BCUT2D eigenvalue weighted by Gasteiger charge is -2.31. The first-order chi connectivity index (χ1) is 18.3. The van der Waals surface area contributed by atoms with Crippen molar-refractivity contribution in [2.75, 3.05) is 32.2 Å². The summed E-state index contributed by atoms with van der Waals surface area (Å²) < 4.78 is 24.1. The first kappa shape index (κ1) is 31.8. The highest BCUT2D eigenvalue weighted by Crippen LogP contribution is 2.48. The van der Waals surface area contributed by atoms with Crippen LogP contribution in [0, 0.1) is 0 Å². The molecule has 38 heavy (non-hydrogen) atoms. The molecule has 3 rings (SSSR count). The van der Waals surface area contributed by atoms with Gasteiger partial charge in [0.05, 0.1) is 29.5 Å². The van der Waals surface area contributed by atoms with Crippen molar-refractivity contribution in [3.63, 3.8) is 0 Å². The summed E-state index contributed by atoms with van der Waals surface area (Å²) in [7, 11) is 0. The van der Waals surface area contributed by atoms with E-state index in [4.69, 9.17) is 18.9 Å². The molecule has 1 aromatic rings. The van der Waals surface area contributed by atoms with Gasteiger partial charge in [0.1, 0.15) is 5.60 Å². The zero-order valence-corrected chi connectivity index (χ0v) is 25.7. The predicted molar refractivity (Wildman–Crippen MR) is 160 cm³/mol. The fraction of sp³-hybridized carbons (Fsp3) is 0.774. The summed E-state index contributed by atoms with van der Waals surface area (Å²) >= 11 is 4.15. The van der Waals surface area contributed by atoms with Crippen LogP contribution in [0.15, 0.2) is 30.3 Å². The van der Waals surface area contributed by atoms with Crippen molar-refractivity contribution < 1.29 is 23.7 Å². The Hall–Kier alpha value is -0.730. The summed E-state index contributed by atoms with van der Waals surface area (Å²) in [6, 6.07) is 10.8. The Morgan fingerprint density at radius 3 is 2.63 bits per heavy atom. The monoisotopic (exact) mass is 566 g/mol. The summed E-state index contributed by atoms with van der Waals surface area (Å²) in [5, 5.41) is 0.681. The molecule has 1 aromatic carbocycles. The quantitative estimate of drug-likeness (QED) is 0.140. The van der Waals surface area contributed by atoms with Crippen LogP contribution in [0.4, 0.5) is 0 Å². The number of benzene rings is 1. The van der Waals surface area contributed by atoms with Crippen molar-refractivity contribution in [1.29, 1.82) is 0 Å². The lowest BCUT2D eigenvalue weighted by molar-refractivity contribution is -0.159. The fourth-order valence-electron chi connectivity index (χ4n) is 4.81. The summed E-state index contributed by atoms with van der Waals surface area (Å²) in [5.74, 6) is 1.12. The maximum absolute atomic E-state index is 12.5. The molecule has 216 valence electrons. The average Bonchev–Trinajstić information content (AvgIpc) is 3.43. The van der Waals surface area contributed by atoms with E-state index in [-0.39, 0.29) is 17.7 Å². The normalized spacial score (nSPS) is 23.7. The molecule has 0 bridgehead atoms. The van der Waals surface area contributed by atoms with E-state index in [1.807, 2.05) is 13.8 Å². The minimum Gasteiger partial charge on any atom is -0.460 e. The molecule has 0 saturated carbocycles. The summed E-state index contributed by atoms with van der Waals surface area (Å²) in [5.41, 5.74) is 0.664. The Morgan fingerprint density at radius 2 is 1.89 bits per heavy atom. The Balaban J connectivity index is 1.26. The number of carbonyl (C=O) groups is 1. The Morgan fingerprint density at radius 1 is 1.08 bits per heavy atom. The van der Waals surface area contributed by atoms with Crippen molar-refractivity contribution >= 4 is 29.5 Å². The molecule has 2 fully saturated rings. The SMILES string of the molecule is CCC(C)(CCOCC1CCCO1)OCCC(C)(C)OC(=O)CCCCC1CCSC(c2ccccc2)S1. The number of esters is 1. The highest BCUT2D eigenvalue weighted by Gasteiger charge is 2.28. The van der Waals surface area contributed by atoms with Crippen LogP contribution in [0.5, 0.6) is 0 Å². The second-order valence-corrected chi connectivity index (χ2v) is 14.4. The molecule has 0 N–H and O–H groups in total. The second-order valence-electron chi connectivity index (χ2n) is 11.5. The lowest BCUT2D eigenvalue weighted by atomic mass is 9.99. The molecular weight excluding hydrogens is 516 g/mol. The zero-order valence-electron chi connectivity index (χ0n) is 24.1. The molecule has 0 aromatic heterocycles. The van der Waals surface area contributed by atoms with Gasteiger partial charge in [-0.05, 0) is 77.0 Å². The number of carbonyl (C=O) groups excluding carboxylic acids is 1. The molecule has 2 heterocycles. The van der Waals surface area contributed by atoms with E-state index in [1.54, 1.807) is 0 Å². The van der Waals surface area contributed by atoms with Crippen LogP contribution in [0.2, 0.25) is 0 Å². The van der Waals surface area contributed by atoms with Gasteiger partial charge in [0.25, 0.3) is 0 Å². The lowest BCUT2D eigenvalue weighted by Crippen LogP contribution is -2.34. The third-order valence-electron chi connectivity index (χ3n) is 7.65. The third kappa shape index (κ3) is 11.8. The van der Waals surface area contributed by atoms with Gasteiger partial charge in [0.15, 0.2) is 0 Å². The molecule has 2 saturated heterocycles. The minimum atomic E-state index is -0.526. The molecule has 2 aliphatic heterocycles. The number of hydrogen-bond donors (Lipinski definition) is 0. The molecule has 4 atom stereocenters. The third-order valence-corrected chi connectivity index (χ3v) is 10.8. The first-order valence-corrected chi connectivity index (χ1v) is 16.6. The van der Waals surface area contributed by atoms with Crippen LogP contribution in [-0.4, -0.2) is 60.7 Å². The summed E-state index contributed by atoms with van der Waals surface area (Å²) in [4.78, 5) is 12.5. The largest absolute Gasteiger partial charge is 0.460 e. The van der Waals surface area contributed by atoms with E-state index in [1.165, 1.54) is 24.2 Å². The maximum atomic E-state index is 12.5. The van der Waals surface area contributed by atoms with Gasteiger partial charge in [-0.25, -0.2) is 0 Å². The van der Waals surface area contributed by atoms with Crippen LogP contribution in [0.1, 0.15) is 102 Å². The van der Waals surface area contributed by atoms with Gasteiger partial charge in [-0.15, -0.1) is 23.5 Å². The summed E-state index contributed by atoms with van der Waals surface area (Å²) in [6.45, 7) is 11.0. The van der Waals surface area contributed by atoms with Crippen LogP contribution < -0.4 is 0 Å².